The number of nitrogens with one attached hydrogen (secondary N) is 1. The van der Waals surface area contributed by atoms with E-state index in [0.29, 0.717) is 11.6 Å². The van der Waals surface area contributed by atoms with E-state index < -0.39 is 0 Å². The van der Waals surface area contributed by atoms with Crippen LogP contribution in [0.2, 0.25) is 0 Å². The number of furan rings is 1. The minimum absolute atomic E-state index is 0.654. The summed E-state index contributed by atoms with van der Waals surface area (Å²) >= 11 is 0. The summed E-state index contributed by atoms with van der Waals surface area (Å²) in [5, 5.41) is 3.33. The van der Waals surface area contributed by atoms with Gasteiger partial charge in [0, 0.05) is 25.0 Å². The van der Waals surface area contributed by atoms with Crippen LogP contribution in [0.25, 0.3) is 11.6 Å². The summed E-state index contributed by atoms with van der Waals surface area (Å²) in [6, 6.07) is 3.72. The second-order valence-corrected chi connectivity index (χ2v) is 4.67. The maximum absolute atomic E-state index is 5.34. The standard InChI is InChI=1S/C15H21N3O2/c1-11-13(6-7-16-8-10-19-3)12(2)18-15(17-11)14-5-4-9-20-14/h4-5,9,16H,6-8,10H2,1-3H3. The van der Waals surface area contributed by atoms with E-state index in [4.69, 9.17) is 9.15 Å². The molecule has 108 valence electrons. The molecule has 2 aromatic rings. The molecule has 0 aromatic carbocycles. The van der Waals surface area contributed by atoms with Gasteiger partial charge in [-0.2, -0.15) is 0 Å². The lowest BCUT2D eigenvalue weighted by Crippen LogP contribution is -2.22. The molecule has 2 rings (SSSR count). The number of hydrogen-bond donors (Lipinski definition) is 1. The minimum Gasteiger partial charge on any atom is -0.461 e. The van der Waals surface area contributed by atoms with Crippen molar-refractivity contribution in [2.45, 2.75) is 20.3 Å². The van der Waals surface area contributed by atoms with Crippen molar-refractivity contribution in [2.75, 3.05) is 26.8 Å². The average Bonchev–Trinajstić information content (AvgIpc) is 2.95. The van der Waals surface area contributed by atoms with E-state index in [-0.39, 0.29) is 0 Å². The average molecular weight is 275 g/mol. The topological polar surface area (TPSA) is 60.2 Å². The Bertz CT molecular complexity index is 515. The van der Waals surface area contributed by atoms with Crippen LogP contribution in [0.15, 0.2) is 22.8 Å². The van der Waals surface area contributed by atoms with Crippen molar-refractivity contribution in [2.24, 2.45) is 0 Å². The molecule has 0 amide bonds. The monoisotopic (exact) mass is 275 g/mol. The van der Waals surface area contributed by atoms with Crippen LogP contribution >= 0.6 is 0 Å². The summed E-state index contributed by atoms with van der Waals surface area (Å²) in [5.41, 5.74) is 3.22. The van der Waals surface area contributed by atoms with Gasteiger partial charge in [0.15, 0.2) is 11.6 Å². The Kier molecular flexibility index (Phi) is 5.26. The third-order valence-electron chi connectivity index (χ3n) is 3.20. The molecule has 0 aliphatic carbocycles. The highest BCUT2D eigenvalue weighted by molar-refractivity contribution is 5.48. The summed E-state index contributed by atoms with van der Waals surface area (Å²) in [6.45, 7) is 6.53. The molecule has 0 saturated heterocycles. The van der Waals surface area contributed by atoms with E-state index in [1.54, 1.807) is 13.4 Å². The SMILES string of the molecule is COCCNCCc1c(C)nc(-c2ccco2)nc1C. The van der Waals surface area contributed by atoms with Gasteiger partial charge in [0.25, 0.3) is 0 Å². The molecule has 0 aliphatic rings. The molecule has 0 bridgehead atoms. The zero-order valence-electron chi connectivity index (χ0n) is 12.3. The van der Waals surface area contributed by atoms with Gasteiger partial charge >= 0.3 is 0 Å². The van der Waals surface area contributed by atoms with Crippen LogP contribution in [0.5, 0.6) is 0 Å². The van der Waals surface area contributed by atoms with E-state index in [1.165, 1.54) is 5.56 Å². The molecule has 0 fully saturated rings. The van der Waals surface area contributed by atoms with Gasteiger partial charge in [-0.3, -0.25) is 0 Å². The first-order chi connectivity index (χ1) is 9.72. The molecule has 20 heavy (non-hydrogen) atoms. The largest absolute Gasteiger partial charge is 0.461 e. The molecule has 0 saturated carbocycles. The zero-order chi connectivity index (χ0) is 14.4. The molecule has 0 radical (unpaired) electrons. The fraction of sp³-hybridized carbons (Fsp3) is 0.467. The third-order valence-corrected chi connectivity index (χ3v) is 3.20. The molecule has 0 atom stereocenters. The molecule has 1 N–H and O–H groups in total. The van der Waals surface area contributed by atoms with Crippen molar-refractivity contribution in [3.05, 3.63) is 35.3 Å². The smallest absolute Gasteiger partial charge is 0.196 e. The molecule has 2 aromatic heterocycles. The quantitative estimate of drug-likeness (QED) is 0.784. The molecule has 5 heteroatoms. The number of nitrogens with zero attached hydrogens (tertiary/aromatic N) is 2. The van der Waals surface area contributed by atoms with E-state index >= 15 is 0 Å². The van der Waals surface area contributed by atoms with Gasteiger partial charge in [-0.1, -0.05) is 0 Å². The van der Waals surface area contributed by atoms with Gasteiger partial charge in [0.2, 0.25) is 0 Å². The van der Waals surface area contributed by atoms with Crippen LogP contribution in [0.3, 0.4) is 0 Å². The first kappa shape index (κ1) is 14.7. The predicted molar refractivity (Wildman–Crippen MR) is 77.7 cm³/mol. The lowest BCUT2D eigenvalue weighted by atomic mass is 10.1. The first-order valence-electron chi connectivity index (χ1n) is 6.80. The van der Waals surface area contributed by atoms with E-state index in [1.807, 2.05) is 26.0 Å². The van der Waals surface area contributed by atoms with Crippen LogP contribution in [0.1, 0.15) is 17.0 Å². The molecule has 0 aliphatic heterocycles. The number of aromatic nitrogens is 2. The van der Waals surface area contributed by atoms with Gasteiger partial charge in [0.1, 0.15) is 0 Å². The van der Waals surface area contributed by atoms with Gasteiger partial charge in [-0.25, -0.2) is 9.97 Å². The normalized spacial score (nSPS) is 10.9. The van der Waals surface area contributed by atoms with Crippen LogP contribution in [-0.4, -0.2) is 36.8 Å². The molecular weight excluding hydrogens is 254 g/mol. The Balaban J connectivity index is 2.03. The maximum Gasteiger partial charge on any atom is 0.196 e. The Labute approximate surface area is 119 Å². The lowest BCUT2D eigenvalue weighted by Gasteiger charge is -2.10. The van der Waals surface area contributed by atoms with Crippen molar-refractivity contribution in [3.8, 4) is 11.6 Å². The minimum atomic E-state index is 0.654. The third kappa shape index (κ3) is 3.65. The van der Waals surface area contributed by atoms with Gasteiger partial charge < -0.3 is 14.5 Å². The summed E-state index contributed by atoms with van der Waals surface area (Å²) in [7, 11) is 1.71. The highest BCUT2D eigenvalue weighted by Crippen LogP contribution is 2.19. The molecule has 0 spiro atoms. The summed E-state index contributed by atoms with van der Waals surface area (Å²) < 4.78 is 10.3. The lowest BCUT2D eigenvalue weighted by molar-refractivity contribution is 0.199. The predicted octanol–water partition coefficient (Wildman–Crippen LogP) is 2.13. The first-order valence-corrected chi connectivity index (χ1v) is 6.80. The number of hydrogen-bond acceptors (Lipinski definition) is 5. The fourth-order valence-electron chi connectivity index (χ4n) is 2.13. The van der Waals surface area contributed by atoms with Gasteiger partial charge in [-0.05, 0) is 44.5 Å². The van der Waals surface area contributed by atoms with Gasteiger partial charge in [-0.15, -0.1) is 0 Å². The van der Waals surface area contributed by atoms with Crippen molar-refractivity contribution < 1.29 is 9.15 Å². The van der Waals surface area contributed by atoms with Crippen molar-refractivity contribution in [1.82, 2.24) is 15.3 Å². The van der Waals surface area contributed by atoms with Crippen molar-refractivity contribution in [3.63, 3.8) is 0 Å². The van der Waals surface area contributed by atoms with E-state index in [2.05, 4.69) is 15.3 Å². The van der Waals surface area contributed by atoms with Crippen LogP contribution in [-0.2, 0) is 11.2 Å². The Morgan fingerprint density at radius 1 is 1.20 bits per heavy atom. The van der Waals surface area contributed by atoms with Crippen LogP contribution in [0, 0.1) is 13.8 Å². The fourth-order valence-corrected chi connectivity index (χ4v) is 2.13. The molecule has 0 unspecified atom stereocenters. The number of methoxy groups -OCH3 is 1. The highest BCUT2D eigenvalue weighted by atomic mass is 16.5. The summed E-state index contributed by atoms with van der Waals surface area (Å²) in [6.07, 6.45) is 2.55. The van der Waals surface area contributed by atoms with E-state index in [0.717, 1.165) is 37.5 Å². The number of ether oxygens (including phenoxy) is 1. The van der Waals surface area contributed by atoms with Crippen LogP contribution in [0.4, 0.5) is 0 Å². The summed E-state index contributed by atoms with van der Waals surface area (Å²) in [5.74, 6) is 1.36. The van der Waals surface area contributed by atoms with Gasteiger partial charge in [0.05, 0.1) is 12.9 Å². The van der Waals surface area contributed by atoms with Crippen LogP contribution < -0.4 is 5.32 Å². The second kappa shape index (κ2) is 7.17. The Hall–Kier alpha value is -1.72. The highest BCUT2D eigenvalue weighted by Gasteiger charge is 2.11. The Morgan fingerprint density at radius 2 is 1.95 bits per heavy atom. The van der Waals surface area contributed by atoms with E-state index in [9.17, 15) is 0 Å². The zero-order valence-corrected chi connectivity index (χ0v) is 12.3. The second-order valence-electron chi connectivity index (χ2n) is 4.67. The molecule has 5 nitrogen and oxygen atoms in total. The molecular formula is C15H21N3O2. The Morgan fingerprint density at radius 3 is 2.55 bits per heavy atom. The summed E-state index contributed by atoms with van der Waals surface area (Å²) in [4.78, 5) is 9.07. The van der Waals surface area contributed by atoms with Crippen molar-refractivity contribution in [1.29, 1.82) is 0 Å². The number of aryl methyl sites for hydroxylation is 2. The maximum atomic E-state index is 5.34. The molecule has 2 heterocycles. The van der Waals surface area contributed by atoms with Crippen molar-refractivity contribution >= 4 is 0 Å². The number of rotatable bonds is 7.